The lowest BCUT2D eigenvalue weighted by Crippen LogP contribution is -2.57. The Kier molecular flexibility index (Phi) is 5.38. The second-order valence-electron chi connectivity index (χ2n) is 9.96. The Labute approximate surface area is 193 Å². The van der Waals surface area contributed by atoms with Crippen molar-refractivity contribution in [3.05, 3.63) is 59.9 Å². The van der Waals surface area contributed by atoms with Gasteiger partial charge in [0.1, 0.15) is 11.4 Å². The quantitative estimate of drug-likeness (QED) is 0.677. The number of aliphatic hydroxyl groups is 1. The van der Waals surface area contributed by atoms with Gasteiger partial charge in [0, 0.05) is 23.6 Å². The highest BCUT2D eigenvalue weighted by atomic mass is 32.2. The first-order chi connectivity index (χ1) is 15.6. The maximum atomic E-state index is 15.6. The molecule has 0 unspecified atom stereocenters. The van der Waals surface area contributed by atoms with E-state index in [9.17, 15) is 18.3 Å². The molecule has 8 heteroatoms. The van der Waals surface area contributed by atoms with Gasteiger partial charge in [0.2, 0.25) is 10.0 Å². The monoisotopic (exact) mass is 472 g/mol. The van der Waals surface area contributed by atoms with Gasteiger partial charge >= 0.3 is 0 Å². The SMILES string of the molecule is CS(=O)(=O)N[C@@H]1[C@H](Cc2cccc(-c3ccccc3)c2F)N(C(=O)C2(O)CCC2)CC12CC2. The molecule has 1 spiro atoms. The predicted octanol–water partition coefficient (Wildman–Crippen LogP) is 2.86. The smallest absolute Gasteiger partial charge is 0.254 e. The third kappa shape index (κ3) is 4.09. The Hall–Kier alpha value is -2.29. The maximum absolute atomic E-state index is 15.6. The molecule has 1 amide bonds. The number of likely N-dealkylation sites (tertiary alicyclic amines) is 1. The molecular weight excluding hydrogens is 443 g/mol. The van der Waals surface area contributed by atoms with E-state index >= 15 is 4.39 Å². The summed E-state index contributed by atoms with van der Waals surface area (Å²) in [7, 11) is -3.55. The van der Waals surface area contributed by atoms with Gasteiger partial charge in [0.05, 0.1) is 12.3 Å². The minimum absolute atomic E-state index is 0.170. The number of carbonyl (C=O) groups excluding carboxylic acids is 1. The summed E-state index contributed by atoms with van der Waals surface area (Å²) in [6.45, 7) is 0.381. The molecule has 3 aliphatic rings. The first-order valence-electron chi connectivity index (χ1n) is 11.5. The number of carbonyl (C=O) groups is 1. The summed E-state index contributed by atoms with van der Waals surface area (Å²) in [6.07, 6.45) is 4.47. The third-order valence-corrected chi connectivity index (χ3v) is 8.28. The highest BCUT2D eigenvalue weighted by molar-refractivity contribution is 7.88. The molecule has 2 saturated carbocycles. The Morgan fingerprint density at radius 2 is 1.82 bits per heavy atom. The predicted molar refractivity (Wildman–Crippen MR) is 123 cm³/mol. The average molecular weight is 473 g/mol. The van der Waals surface area contributed by atoms with Crippen molar-refractivity contribution in [2.75, 3.05) is 12.8 Å². The molecule has 0 bridgehead atoms. The van der Waals surface area contributed by atoms with Crippen molar-refractivity contribution in [2.24, 2.45) is 5.41 Å². The van der Waals surface area contributed by atoms with Gasteiger partial charge in [0.25, 0.3) is 5.91 Å². The Balaban J connectivity index is 1.52. The third-order valence-electron chi connectivity index (χ3n) is 7.60. The fourth-order valence-corrected chi connectivity index (χ4v) is 6.32. The second kappa shape index (κ2) is 7.89. The molecule has 2 aromatic carbocycles. The minimum Gasteiger partial charge on any atom is -0.380 e. The normalized spacial score (nSPS) is 25.1. The van der Waals surface area contributed by atoms with E-state index in [0.29, 0.717) is 30.5 Å². The van der Waals surface area contributed by atoms with E-state index in [2.05, 4.69) is 4.72 Å². The number of nitrogens with zero attached hydrogens (tertiary/aromatic N) is 1. The summed E-state index contributed by atoms with van der Waals surface area (Å²) in [5.41, 5.74) is -0.0898. The van der Waals surface area contributed by atoms with Crippen LogP contribution in [0.1, 0.15) is 37.7 Å². The summed E-state index contributed by atoms with van der Waals surface area (Å²) in [6, 6.07) is 13.4. The van der Waals surface area contributed by atoms with E-state index in [1.165, 1.54) is 0 Å². The van der Waals surface area contributed by atoms with E-state index in [1.54, 1.807) is 23.1 Å². The molecule has 2 aromatic rings. The summed E-state index contributed by atoms with van der Waals surface area (Å²) in [5, 5.41) is 10.8. The maximum Gasteiger partial charge on any atom is 0.254 e. The molecule has 2 N–H and O–H groups in total. The molecule has 2 atom stereocenters. The number of benzene rings is 2. The summed E-state index contributed by atoms with van der Waals surface area (Å²) in [4.78, 5) is 15.0. The first-order valence-corrected chi connectivity index (χ1v) is 13.3. The zero-order chi connectivity index (χ0) is 23.4. The van der Waals surface area contributed by atoms with Crippen LogP contribution in [0, 0.1) is 11.2 Å². The number of amides is 1. The van der Waals surface area contributed by atoms with Crippen molar-refractivity contribution in [3.8, 4) is 11.1 Å². The summed E-state index contributed by atoms with van der Waals surface area (Å²) >= 11 is 0. The van der Waals surface area contributed by atoms with Crippen LogP contribution in [0.2, 0.25) is 0 Å². The van der Waals surface area contributed by atoms with Crippen LogP contribution in [-0.2, 0) is 21.2 Å². The fraction of sp³-hybridized carbons (Fsp3) is 0.480. The van der Waals surface area contributed by atoms with Gasteiger partial charge in [0.15, 0.2) is 0 Å². The van der Waals surface area contributed by atoms with Crippen molar-refractivity contribution in [1.82, 2.24) is 9.62 Å². The van der Waals surface area contributed by atoms with E-state index in [4.69, 9.17) is 0 Å². The van der Waals surface area contributed by atoms with Gasteiger partial charge in [-0.15, -0.1) is 0 Å². The molecule has 2 aliphatic carbocycles. The van der Waals surface area contributed by atoms with E-state index in [-0.39, 0.29) is 23.6 Å². The van der Waals surface area contributed by atoms with E-state index < -0.39 is 27.7 Å². The molecule has 33 heavy (non-hydrogen) atoms. The number of halogens is 1. The molecule has 1 saturated heterocycles. The van der Waals surface area contributed by atoms with Gasteiger partial charge in [-0.2, -0.15) is 0 Å². The highest BCUT2D eigenvalue weighted by Crippen LogP contribution is 2.56. The van der Waals surface area contributed by atoms with Crippen LogP contribution in [0.25, 0.3) is 11.1 Å². The molecule has 1 heterocycles. The largest absolute Gasteiger partial charge is 0.380 e. The van der Waals surface area contributed by atoms with Crippen LogP contribution in [0.4, 0.5) is 4.39 Å². The number of rotatable bonds is 6. The van der Waals surface area contributed by atoms with Crippen molar-refractivity contribution in [2.45, 2.75) is 56.2 Å². The molecule has 0 radical (unpaired) electrons. The molecule has 0 aromatic heterocycles. The van der Waals surface area contributed by atoms with Crippen molar-refractivity contribution in [1.29, 1.82) is 0 Å². The number of sulfonamides is 1. The topological polar surface area (TPSA) is 86.7 Å². The second-order valence-corrected chi connectivity index (χ2v) is 11.7. The van der Waals surface area contributed by atoms with Crippen LogP contribution in [0.15, 0.2) is 48.5 Å². The fourth-order valence-electron chi connectivity index (χ4n) is 5.45. The Morgan fingerprint density at radius 1 is 1.12 bits per heavy atom. The Morgan fingerprint density at radius 3 is 2.39 bits per heavy atom. The molecular formula is C25H29FN2O4S. The lowest BCUT2D eigenvalue weighted by Gasteiger charge is -2.40. The van der Waals surface area contributed by atoms with Gasteiger partial charge in [-0.3, -0.25) is 4.79 Å². The molecule has 3 fully saturated rings. The van der Waals surface area contributed by atoms with Gasteiger partial charge in [-0.1, -0.05) is 48.5 Å². The number of hydrogen-bond acceptors (Lipinski definition) is 4. The molecule has 176 valence electrons. The minimum atomic E-state index is -3.55. The van der Waals surface area contributed by atoms with Crippen LogP contribution in [-0.4, -0.2) is 54.8 Å². The molecule has 6 nitrogen and oxygen atoms in total. The van der Waals surface area contributed by atoms with Crippen LogP contribution < -0.4 is 4.72 Å². The highest BCUT2D eigenvalue weighted by Gasteiger charge is 2.63. The van der Waals surface area contributed by atoms with Crippen molar-refractivity contribution < 1.29 is 22.7 Å². The lowest BCUT2D eigenvalue weighted by molar-refractivity contribution is -0.161. The summed E-state index contributed by atoms with van der Waals surface area (Å²) < 4.78 is 42.8. The number of nitrogens with one attached hydrogen (secondary N) is 1. The zero-order valence-electron chi connectivity index (χ0n) is 18.6. The van der Waals surface area contributed by atoms with Crippen LogP contribution in [0.5, 0.6) is 0 Å². The molecule has 5 rings (SSSR count). The summed E-state index contributed by atoms with van der Waals surface area (Å²) in [5.74, 6) is -0.726. The van der Waals surface area contributed by atoms with Crippen molar-refractivity contribution in [3.63, 3.8) is 0 Å². The van der Waals surface area contributed by atoms with Gasteiger partial charge < -0.3 is 10.0 Å². The van der Waals surface area contributed by atoms with Crippen LogP contribution >= 0.6 is 0 Å². The van der Waals surface area contributed by atoms with Crippen molar-refractivity contribution >= 4 is 15.9 Å². The molecule has 1 aliphatic heterocycles. The average Bonchev–Trinajstić information content (AvgIpc) is 3.48. The first kappa shape index (κ1) is 22.5. The van der Waals surface area contributed by atoms with Gasteiger partial charge in [-0.05, 0) is 49.7 Å². The standard InChI is InChI=1S/C25H29FN2O4S/c1-33(31,32)27-22-20(28(16-24(22)13-14-24)23(29)25(30)11-6-12-25)15-18-9-5-10-19(21(18)26)17-7-3-2-4-8-17/h2-5,7-10,20,22,27,30H,6,11-16H2,1H3/t20-,22+/m0/s1. The Bertz CT molecular complexity index is 1180. The van der Waals surface area contributed by atoms with E-state index in [0.717, 1.165) is 31.1 Å². The van der Waals surface area contributed by atoms with E-state index in [1.807, 2.05) is 30.3 Å². The van der Waals surface area contributed by atoms with Crippen LogP contribution in [0.3, 0.4) is 0 Å². The van der Waals surface area contributed by atoms with Gasteiger partial charge in [-0.25, -0.2) is 17.5 Å². The zero-order valence-corrected chi connectivity index (χ0v) is 19.4. The number of hydrogen-bond donors (Lipinski definition) is 2. The lowest BCUT2D eigenvalue weighted by atomic mass is 9.79.